The summed E-state index contributed by atoms with van der Waals surface area (Å²) >= 11 is 6.15. The molecule has 0 aromatic heterocycles. The fourth-order valence-electron chi connectivity index (χ4n) is 4.44. The number of halogens is 1. The number of piperidine rings is 1. The lowest BCUT2D eigenvalue weighted by atomic mass is 9.91. The summed E-state index contributed by atoms with van der Waals surface area (Å²) in [5, 5.41) is 6.37. The van der Waals surface area contributed by atoms with E-state index in [1.165, 1.54) is 16.9 Å². The molecule has 0 aliphatic carbocycles. The van der Waals surface area contributed by atoms with Gasteiger partial charge in [-0.05, 0) is 43.7 Å². The number of carbonyl (C=O) groups excluding carboxylic acids is 3. The Balaban J connectivity index is 1.54. The Kier molecular flexibility index (Phi) is 7.23. The Labute approximate surface area is 202 Å². The van der Waals surface area contributed by atoms with E-state index < -0.39 is 24.0 Å². The molecule has 0 saturated carbocycles. The zero-order valence-corrected chi connectivity index (χ0v) is 19.8. The van der Waals surface area contributed by atoms with Crippen LogP contribution in [-0.4, -0.2) is 61.1 Å². The van der Waals surface area contributed by atoms with Crippen LogP contribution < -0.4 is 20.1 Å². The molecule has 2 aromatic carbocycles. The number of benzene rings is 2. The number of fused-ring (bicyclic) bond motifs is 1. The molecule has 2 aromatic rings. The van der Waals surface area contributed by atoms with Crippen molar-refractivity contribution < 1.29 is 23.9 Å². The molecule has 10 heteroatoms. The molecule has 2 unspecified atom stereocenters. The van der Waals surface area contributed by atoms with Gasteiger partial charge in [0.1, 0.15) is 18.0 Å². The number of imide groups is 1. The van der Waals surface area contributed by atoms with Crippen molar-refractivity contribution in [2.45, 2.75) is 25.6 Å². The van der Waals surface area contributed by atoms with Gasteiger partial charge in [-0.15, -0.1) is 0 Å². The second-order valence-electron chi connectivity index (χ2n) is 8.19. The first-order chi connectivity index (χ1) is 16.4. The maximum Gasteiger partial charge on any atom is 0.328 e. The highest BCUT2D eigenvalue weighted by molar-refractivity contribution is 6.32. The number of amides is 4. The number of para-hydroxylation sites is 1. The van der Waals surface area contributed by atoms with E-state index in [0.717, 1.165) is 6.42 Å². The number of nitrogens with one attached hydrogen (secondary N) is 2. The fourth-order valence-corrected chi connectivity index (χ4v) is 4.70. The lowest BCUT2D eigenvalue weighted by Gasteiger charge is -2.46. The average molecular weight is 487 g/mol. The maximum absolute atomic E-state index is 13.5. The van der Waals surface area contributed by atoms with Gasteiger partial charge in [0.05, 0.1) is 37.9 Å². The van der Waals surface area contributed by atoms with Crippen LogP contribution in [0.15, 0.2) is 42.5 Å². The van der Waals surface area contributed by atoms with Crippen LogP contribution in [0.3, 0.4) is 0 Å². The molecular formula is C24H27ClN4O5. The zero-order valence-electron chi connectivity index (χ0n) is 19.0. The van der Waals surface area contributed by atoms with E-state index in [1.54, 1.807) is 31.4 Å². The molecule has 2 heterocycles. The smallest absolute Gasteiger partial charge is 0.328 e. The monoisotopic (exact) mass is 486 g/mol. The summed E-state index contributed by atoms with van der Waals surface area (Å²) in [6, 6.07) is 11.6. The average Bonchev–Trinajstić information content (AvgIpc) is 2.84. The molecule has 0 bridgehead atoms. The Morgan fingerprint density at radius 2 is 1.91 bits per heavy atom. The summed E-state index contributed by atoms with van der Waals surface area (Å²) in [7, 11) is 3.05. The van der Waals surface area contributed by atoms with Gasteiger partial charge in [0, 0.05) is 11.3 Å². The van der Waals surface area contributed by atoms with Crippen LogP contribution in [0.2, 0.25) is 5.02 Å². The number of urea groups is 1. The Morgan fingerprint density at radius 1 is 1.15 bits per heavy atom. The van der Waals surface area contributed by atoms with Crippen molar-refractivity contribution >= 4 is 35.1 Å². The van der Waals surface area contributed by atoms with Crippen LogP contribution in [0.4, 0.5) is 10.5 Å². The minimum absolute atomic E-state index is 0.0666. The lowest BCUT2D eigenvalue weighted by molar-refractivity contribution is -0.143. The second-order valence-corrected chi connectivity index (χ2v) is 8.60. The third-order valence-electron chi connectivity index (χ3n) is 6.09. The molecule has 2 aliphatic heterocycles. The molecule has 2 fully saturated rings. The number of hydrogen-bond acceptors (Lipinski definition) is 6. The number of carbonyl (C=O) groups is 3. The van der Waals surface area contributed by atoms with Crippen molar-refractivity contribution in [3.63, 3.8) is 0 Å². The topological polar surface area (TPSA) is 100 Å². The molecule has 0 spiro atoms. The standard InChI is InChI=1S/C24H27ClN4O5/c1-33-19-8-4-3-6-15(19)13-29-23(31)17-7-5-11-26-22(17)28(24(29)32)14-21(30)27-16-9-10-20(34-2)18(25)12-16/h3-4,6,8-10,12,17,22,26H,5,7,11,13-14H2,1-2H3,(H,27,30). The predicted molar refractivity (Wildman–Crippen MR) is 127 cm³/mol. The van der Waals surface area contributed by atoms with E-state index in [2.05, 4.69) is 10.6 Å². The number of rotatable bonds is 7. The van der Waals surface area contributed by atoms with Crippen LogP contribution in [0.5, 0.6) is 11.5 Å². The molecular weight excluding hydrogens is 460 g/mol. The Hall–Kier alpha value is -3.30. The number of ether oxygens (including phenoxy) is 2. The molecule has 34 heavy (non-hydrogen) atoms. The third-order valence-corrected chi connectivity index (χ3v) is 6.39. The molecule has 2 N–H and O–H groups in total. The van der Waals surface area contributed by atoms with Crippen molar-refractivity contribution in [3.8, 4) is 11.5 Å². The first-order valence-corrected chi connectivity index (χ1v) is 11.4. The molecule has 0 radical (unpaired) electrons. The minimum Gasteiger partial charge on any atom is -0.496 e. The quantitative estimate of drug-likeness (QED) is 0.624. The summed E-state index contributed by atoms with van der Waals surface area (Å²) < 4.78 is 10.5. The second kappa shape index (κ2) is 10.3. The van der Waals surface area contributed by atoms with Gasteiger partial charge in [-0.1, -0.05) is 29.8 Å². The largest absolute Gasteiger partial charge is 0.496 e. The minimum atomic E-state index is -0.534. The van der Waals surface area contributed by atoms with Gasteiger partial charge in [0.2, 0.25) is 11.8 Å². The first kappa shape index (κ1) is 23.8. The Bertz CT molecular complexity index is 1090. The first-order valence-electron chi connectivity index (χ1n) is 11.0. The van der Waals surface area contributed by atoms with E-state index in [-0.39, 0.29) is 19.0 Å². The van der Waals surface area contributed by atoms with Crippen LogP contribution >= 0.6 is 11.6 Å². The van der Waals surface area contributed by atoms with E-state index in [4.69, 9.17) is 21.1 Å². The normalized spacial score (nSPS) is 20.1. The fraction of sp³-hybridized carbons (Fsp3) is 0.375. The van der Waals surface area contributed by atoms with E-state index in [9.17, 15) is 14.4 Å². The van der Waals surface area contributed by atoms with Crippen molar-refractivity contribution in [3.05, 3.63) is 53.1 Å². The Morgan fingerprint density at radius 3 is 2.65 bits per heavy atom. The highest BCUT2D eigenvalue weighted by atomic mass is 35.5. The summed E-state index contributed by atoms with van der Waals surface area (Å²) in [5.74, 6) is 0.0154. The van der Waals surface area contributed by atoms with Gasteiger partial charge in [0.15, 0.2) is 0 Å². The van der Waals surface area contributed by atoms with Crippen LogP contribution in [0.25, 0.3) is 0 Å². The van der Waals surface area contributed by atoms with Crippen molar-refractivity contribution in [2.75, 3.05) is 32.6 Å². The molecule has 2 aliphatic rings. The maximum atomic E-state index is 13.5. The number of hydrogen-bond donors (Lipinski definition) is 2. The summed E-state index contributed by atoms with van der Waals surface area (Å²) in [4.78, 5) is 42.2. The number of anilines is 1. The van der Waals surface area contributed by atoms with E-state index in [1.807, 2.05) is 18.2 Å². The molecule has 2 saturated heterocycles. The van der Waals surface area contributed by atoms with Gasteiger partial charge in [-0.3, -0.25) is 24.7 Å². The summed E-state index contributed by atoms with van der Waals surface area (Å²) in [6.45, 7) is 0.518. The molecule has 2 atom stereocenters. The lowest BCUT2D eigenvalue weighted by Crippen LogP contribution is -2.68. The summed E-state index contributed by atoms with van der Waals surface area (Å²) in [6.07, 6.45) is 0.916. The van der Waals surface area contributed by atoms with Crippen LogP contribution in [0.1, 0.15) is 18.4 Å². The predicted octanol–water partition coefficient (Wildman–Crippen LogP) is 3.09. The van der Waals surface area contributed by atoms with Crippen molar-refractivity contribution in [1.82, 2.24) is 15.1 Å². The van der Waals surface area contributed by atoms with Gasteiger partial charge in [0.25, 0.3) is 0 Å². The molecule has 180 valence electrons. The van der Waals surface area contributed by atoms with Crippen LogP contribution in [0, 0.1) is 5.92 Å². The van der Waals surface area contributed by atoms with Crippen molar-refractivity contribution in [1.29, 1.82) is 0 Å². The summed E-state index contributed by atoms with van der Waals surface area (Å²) in [5.41, 5.74) is 1.20. The van der Waals surface area contributed by atoms with E-state index >= 15 is 0 Å². The zero-order chi connectivity index (χ0) is 24.2. The van der Waals surface area contributed by atoms with Crippen molar-refractivity contribution in [2.24, 2.45) is 5.92 Å². The molecule has 4 amide bonds. The SMILES string of the molecule is COc1ccc(NC(=O)CN2C(=O)N(Cc3ccccc3OC)C(=O)C3CCCNC32)cc1Cl. The van der Waals surface area contributed by atoms with Gasteiger partial charge in [-0.25, -0.2) is 4.79 Å². The number of methoxy groups -OCH3 is 2. The third kappa shape index (κ3) is 4.80. The van der Waals surface area contributed by atoms with Gasteiger partial charge in [-0.2, -0.15) is 0 Å². The molecule has 9 nitrogen and oxygen atoms in total. The van der Waals surface area contributed by atoms with Crippen LogP contribution in [-0.2, 0) is 16.1 Å². The number of nitrogens with zero attached hydrogens (tertiary/aromatic N) is 2. The highest BCUT2D eigenvalue weighted by Crippen LogP contribution is 2.31. The highest BCUT2D eigenvalue weighted by Gasteiger charge is 2.47. The van der Waals surface area contributed by atoms with Gasteiger partial charge >= 0.3 is 6.03 Å². The molecule has 4 rings (SSSR count). The van der Waals surface area contributed by atoms with Gasteiger partial charge < -0.3 is 14.8 Å². The van der Waals surface area contributed by atoms with E-state index in [0.29, 0.717) is 40.7 Å².